The van der Waals surface area contributed by atoms with Gasteiger partial charge in [-0.25, -0.2) is 15.0 Å². The minimum Gasteiger partial charge on any atom is -0.493 e. The molecule has 3 N–H and O–H groups in total. The number of pyridine rings is 1. The molecule has 0 aliphatic rings. The Hall–Kier alpha value is -4.66. The average molecular weight is 442 g/mol. The molecule has 0 fully saturated rings. The highest BCUT2D eigenvalue weighted by Gasteiger charge is 2.08. The summed E-state index contributed by atoms with van der Waals surface area (Å²) in [4.78, 5) is 24.9. The molecule has 0 aliphatic heterocycles. The first kappa shape index (κ1) is 21.6. The number of rotatable bonds is 9. The van der Waals surface area contributed by atoms with Crippen LogP contribution in [0.2, 0.25) is 0 Å². The Morgan fingerprint density at radius 3 is 2.21 bits per heavy atom. The van der Waals surface area contributed by atoms with E-state index >= 15 is 0 Å². The molecule has 0 saturated carbocycles. The van der Waals surface area contributed by atoms with E-state index in [0.29, 0.717) is 34.6 Å². The molecule has 1 amide bonds. The van der Waals surface area contributed by atoms with Gasteiger partial charge in [0.05, 0.1) is 7.11 Å². The van der Waals surface area contributed by atoms with Crippen molar-refractivity contribution in [3.8, 4) is 11.5 Å². The van der Waals surface area contributed by atoms with E-state index in [1.807, 2.05) is 42.5 Å². The van der Waals surface area contributed by atoms with Crippen LogP contribution in [0.1, 0.15) is 0 Å². The Morgan fingerprint density at radius 1 is 0.788 bits per heavy atom. The predicted molar refractivity (Wildman–Crippen MR) is 126 cm³/mol. The van der Waals surface area contributed by atoms with Gasteiger partial charge in [-0.15, -0.1) is 0 Å². The van der Waals surface area contributed by atoms with Gasteiger partial charge in [0.15, 0.2) is 18.1 Å². The highest BCUT2D eigenvalue weighted by molar-refractivity contribution is 5.92. The zero-order chi connectivity index (χ0) is 22.9. The lowest BCUT2D eigenvalue weighted by Gasteiger charge is -2.11. The number of benzene rings is 2. The van der Waals surface area contributed by atoms with Crippen LogP contribution in [-0.4, -0.2) is 34.6 Å². The summed E-state index contributed by atoms with van der Waals surface area (Å²) in [6, 6.07) is 21.8. The van der Waals surface area contributed by atoms with E-state index in [4.69, 9.17) is 9.47 Å². The molecule has 0 bridgehead atoms. The summed E-state index contributed by atoms with van der Waals surface area (Å²) in [6.07, 6.45) is 3.16. The summed E-state index contributed by atoms with van der Waals surface area (Å²) in [5.41, 5.74) is 1.45. The molecule has 0 aliphatic carbocycles. The third-order valence-corrected chi connectivity index (χ3v) is 4.46. The zero-order valence-electron chi connectivity index (χ0n) is 17.9. The summed E-state index contributed by atoms with van der Waals surface area (Å²) in [5.74, 6) is 2.73. The van der Waals surface area contributed by atoms with Crippen LogP contribution in [-0.2, 0) is 4.79 Å². The second-order valence-electron chi connectivity index (χ2n) is 6.82. The molecule has 0 radical (unpaired) electrons. The fourth-order valence-corrected chi connectivity index (χ4v) is 2.93. The second-order valence-corrected chi connectivity index (χ2v) is 6.82. The van der Waals surface area contributed by atoms with E-state index in [9.17, 15) is 4.79 Å². The molecule has 0 spiro atoms. The summed E-state index contributed by atoms with van der Waals surface area (Å²) < 4.78 is 10.8. The molecule has 0 saturated heterocycles. The molecule has 2 aromatic carbocycles. The van der Waals surface area contributed by atoms with Gasteiger partial charge >= 0.3 is 0 Å². The SMILES string of the molecule is COc1ccccc1OCC(=O)Nc1ccc(Nc2cc(Nc3ccccn3)ncn2)cc1. The fraction of sp³-hybridized carbons (Fsp3) is 0.0833. The lowest BCUT2D eigenvalue weighted by atomic mass is 10.2. The first-order valence-electron chi connectivity index (χ1n) is 10.1. The van der Waals surface area contributed by atoms with E-state index in [0.717, 1.165) is 5.69 Å². The Balaban J connectivity index is 1.31. The van der Waals surface area contributed by atoms with Gasteiger partial charge in [-0.3, -0.25) is 4.79 Å². The van der Waals surface area contributed by atoms with Crippen molar-refractivity contribution < 1.29 is 14.3 Å². The minimum absolute atomic E-state index is 0.132. The lowest BCUT2D eigenvalue weighted by Crippen LogP contribution is -2.20. The molecule has 2 aromatic heterocycles. The number of nitrogens with zero attached hydrogens (tertiary/aromatic N) is 3. The van der Waals surface area contributed by atoms with E-state index in [1.165, 1.54) is 6.33 Å². The summed E-state index contributed by atoms with van der Waals surface area (Å²) in [5, 5.41) is 9.13. The van der Waals surface area contributed by atoms with Gasteiger partial charge in [-0.1, -0.05) is 18.2 Å². The van der Waals surface area contributed by atoms with Crippen molar-refractivity contribution >= 4 is 34.7 Å². The molecule has 33 heavy (non-hydrogen) atoms. The van der Waals surface area contributed by atoms with E-state index in [2.05, 4.69) is 30.9 Å². The normalized spacial score (nSPS) is 10.2. The molecule has 166 valence electrons. The molecule has 0 atom stereocenters. The molecule has 2 heterocycles. The van der Waals surface area contributed by atoms with Gasteiger partial charge in [0.25, 0.3) is 5.91 Å². The first-order chi connectivity index (χ1) is 16.2. The van der Waals surface area contributed by atoms with Crippen molar-refractivity contribution in [2.75, 3.05) is 29.7 Å². The first-order valence-corrected chi connectivity index (χ1v) is 10.1. The number of nitrogens with one attached hydrogen (secondary N) is 3. The van der Waals surface area contributed by atoms with Crippen LogP contribution in [0, 0.1) is 0 Å². The maximum absolute atomic E-state index is 12.2. The number of aromatic nitrogens is 3. The summed E-state index contributed by atoms with van der Waals surface area (Å²) >= 11 is 0. The molecule has 4 aromatic rings. The van der Waals surface area contributed by atoms with Gasteiger partial charge in [-0.05, 0) is 48.5 Å². The number of methoxy groups -OCH3 is 1. The maximum Gasteiger partial charge on any atom is 0.262 e. The predicted octanol–water partition coefficient (Wildman–Crippen LogP) is 4.38. The van der Waals surface area contributed by atoms with E-state index in [1.54, 1.807) is 43.6 Å². The number of para-hydroxylation sites is 2. The monoisotopic (exact) mass is 442 g/mol. The van der Waals surface area contributed by atoms with Crippen molar-refractivity contribution in [2.45, 2.75) is 0 Å². The topological polar surface area (TPSA) is 110 Å². The van der Waals surface area contributed by atoms with Crippen LogP contribution < -0.4 is 25.4 Å². The molecule has 9 heteroatoms. The van der Waals surface area contributed by atoms with Gasteiger partial charge < -0.3 is 25.4 Å². The van der Waals surface area contributed by atoms with Crippen LogP contribution in [0.15, 0.2) is 85.3 Å². The van der Waals surface area contributed by atoms with Crippen molar-refractivity contribution in [2.24, 2.45) is 0 Å². The van der Waals surface area contributed by atoms with Crippen LogP contribution in [0.25, 0.3) is 0 Å². The number of ether oxygens (including phenoxy) is 2. The average Bonchev–Trinajstić information content (AvgIpc) is 2.85. The molecule has 0 unspecified atom stereocenters. The van der Waals surface area contributed by atoms with Gasteiger partial charge in [0.2, 0.25) is 0 Å². The Morgan fingerprint density at radius 2 is 1.48 bits per heavy atom. The summed E-state index contributed by atoms with van der Waals surface area (Å²) in [7, 11) is 1.55. The number of hydrogen-bond donors (Lipinski definition) is 3. The van der Waals surface area contributed by atoms with Gasteiger partial charge in [0.1, 0.15) is 23.8 Å². The maximum atomic E-state index is 12.2. The third kappa shape index (κ3) is 6.17. The quantitative estimate of drug-likeness (QED) is 0.350. The second kappa shape index (κ2) is 10.6. The Bertz CT molecular complexity index is 1200. The number of carbonyl (C=O) groups excluding carboxylic acids is 1. The number of anilines is 5. The Kier molecular flexibility index (Phi) is 6.92. The molecular formula is C24H22N6O3. The van der Waals surface area contributed by atoms with Crippen LogP contribution in [0.5, 0.6) is 11.5 Å². The molecule has 9 nitrogen and oxygen atoms in total. The molecular weight excluding hydrogens is 420 g/mol. The summed E-state index contributed by atoms with van der Waals surface area (Å²) in [6.45, 7) is -0.132. The number of carbonyl (C=O) groups is 1. The highest BCUT2D eigenvalue weighted by Crippen LogP contribution is 2.25. The minimum atomic E-state index is -0.275. The van der Waals surface area contributed by atoms with E-state index < -0.39 is 0 Å². The van der Waals surface area contributed by atoms with Crippen LogP contribution >= 0.6 is 0 Å². The zero-order valence-corrected chi connectivity index (χ0v) is 17.9. The van der Waals surface area contributed by atoms with Crippen molar-refractivity contribution in [3.63, 3.8) is 0 Å². The van der Waals surface area contributed by atoms with Gasteiger partial charge in [-0.2, -0.15) is 0 Å². The standard InChI is InChI=1S/C24H22N6O3/c1-32-19-6-2-3-7-20(19)33-15-24(31)29-18-11-9-17(10-12-18)28-22-14-23(27-16-26-22)30-21-8-4-5-13-25-21/h2-14,16H,15H2,1H3,(H,29,31)(H2,25,26,27,28,30). The smallest absolute Gasteiger partial charge is 0.262 e. The van der Waals surface area contributed by atoms with Crippen LogP contribution in [0.3, 0.4) is 0 Å². The number of hydrogen-bond acceptors (Lipinski definition) is 8. The number of amides is 1. The third-order valence-electron chi connectivity index (χ3n) is 4.46. The van der Waals surface area contributed by atoms with Gasteiger partial charge in [0, 0.05) is 23.6 Å². The Labute approximate surface area is 190 Å². The van der Waals surface area contributed by atoms with Crippen molar-refractivity contribution in [1.82, 2.24) is 15.0 Å². The van der Waals surface area contributed by atoms with Crippen LogP contribution in [0.4, 0.5) is 28.8 Å². The lowest BCUT2D eigenvalue weighted by molar-refractivity contribution is -0.118. The largest absolute Gasteiger partial charge is 0.493 e. The van der Waals surface area contributed by atoms with Crippen molar-refractivity contribution in [1.29, 1.82) is 0 Å². The molecule has 4 rings (SSSR count). The van der Waals surface area contributed by atoms with Crippen molar-refractivity contribution in [3.05, 3.63) is 85.3 Å². The highest BCUT2D eigenvalue weighted by atomic mass is 16.5. The fourth-order valence-electron chi connectivity index (χ4n) is 2.93. The van der Waals surface area contributed by atoms with E-state index in [-0.39, 0.29) is 12.5 Å².